The van der Waals surface area contributed by atoms with E-state index >= 15 is 0 Å². The Morgan fingerprint density at radius 2 is 1.92 bits per heavy atom. The number of benzene rings is 2. The van der Waals surface area contributed by atoms with E-state index in [0.29, 0.717) is 18.4 Å². The van der Waals surface area contributed by atoms with Crippen molar-refractivity contribution >= 4 is 17.6 Å². The van der Waals surface area contributed by atoms with Gasteiger partial charge in [-0.05, 0) is 71.1 Å². The smallest absolute Gasteiger partial charge is 0.345 e. The van der Waals surface area contributed by atoms with Crippen LogP contribution in [0.15, 0.2) is 42.5 Å². The molecule has 3 atom stereocenters. The molecule has 7 heteroatoms. The number of aryl methyl sites for hydroxylation is 1. The van der Waals surface area contributed by atoms with Crippen LogP contribution in [0.25, 0.3) is 0 Å². The summed E-state index contributed by atoms with van der Waals surface area (Å²) in [5.74, 6) is -0.326. The molecule has 1 N–H and O–H groups in total. The monoisotopic (exact) mass is 492 g/mol. The van der Waals surface area contributed by atoms with E-state index in [1.54, 1.807) is 0 Å². The lowest BCUT2D eigenvalue weighted by Gasteiger charge is -2.55. The van der Waals surface area contributed by atoms with Crippen molar-refractivity contribution in [2.75, 3.05) is 13.2 Å². The number of para-hydroxylation sites is 1. The molecule has 2 aromatic rings. The Morgan fingerprint density at radius 1 is 1.17 bits per heavy atom. The molecule has 2 aliphatic rings. The largest absolute Gasteiger partial charge is 0.452 e. The first-order valence-electron chi connectivity index (χ1n) is 12.9. The number of nitrogens with zero attached hydrogens (tertiary/aromatic N) is 1. The number of hydrogen-bond acceptors (Lipinski definition) is 5. The van der Waals surface area contributed by atoms with Crippen molar-refractivity contribution in [2.24, 2.45) is 11.3 Å². The van der Waals surface area contributed by atoms with Crippen molar-refractivity contribution in [1.29, 1.82) is 0 Å². The summed E-state index contributed by atoms with van der Waals surface area (Å²) in [4.78, 5) is 35.5. The molecule has 0 saturated heterocycles. The third-order valence-corrected chi connectivity index (χ3v) is 8.51. The minimum atomic E-state index is -0.876. The Labute approximate surface area is 212 Å². The highest BCUT2D eigenvalue weighted by molar-refractivity contribution is 5.95. The maximum Gasteiger partial charge on any atom is 0.345 e. The van der Waals surface area contributed by atoms with E-state index < -0.39 is 23.4 Å². The number of ether oxygens (including phenoxy) is 1. The van der Waals surface area contributed by atoms with Gasteiger partial charge < -0.3 is 10.1 Å². The van der Waals surface area contributed by atoms with Crippen LogP contribution in [0, 0.1) is 21.4 Å². The quantitative estimate of drug-likeness (QED) is 0.304. The highest BCUT2D eigenvalue weighted by atomic mass is 16.6. The SMILES string of the molecule is CC(C)c1ccc2c(c1)CCC1C(C)(CNC(=O)COC(=O)c3ccccc3[N+](=O)[O-])CCCC21C. The molecule has 3 unspecified atom stereocenters. The first-order valence-corrected chi connectivity index (χ1v) is 12.9. The number of carbonyl (C=O) groups is 2. The predicted molar refractivity (Wildman–Crippen MR) is 138 cm³/mol. The van der Waals surface area contributed by atoms with Crippen LogP contribution in [-0.2, 0) is 21.4 Å². The Morgan fingerprint density at radius 3 is 2.64 bits per heavy atom. The molecule has 4 rings (SSSR count). The standard InChI is InChI=1S/C29H36N2O5/c1-19(2)20-10-12-23-21(16-20)11-13-25-28(3,14-7-15-29(23,25)4)18-30-26(32)17-36-27(33)22-8-5-6-9-24(22)31(34)35/h5-6,8-10,12,16,19,25H,7,11,13-15,17-18H2,1-4H3,(H,30,32). The average molecular weight is 493 g/mol. The maximum atomic E-state index is 12.6. The molecule has 7 nitrogen and oxygen atoms in total. The van der Waals surface area contributed by atoms with Crippen LogP contribution in [0.5, 0.6) is 0 Å². The van der Waals surface area contributed by atoms with Crippen LogP contribution >= 0.6 is 0 Å². The summed E-state index contributed by atoms with van der Waals surface area (Å²) in [6.45, 7) is 9.15. The summed E-state index contributed by atoms with van der Waals surface area (Å²) in [7, 11) is 0. The first kappa shape index (κ1) is 25.9. The van der Waals surface area contributed by atoms with Crippen LogP contribution in [0.2, 0.25) is 0 Å². The van der Waals surface area contributed by atoms with Gasteiger partial charge in [-0.1, -0.05) is 64.4 Å². The van der Waals surface area contributed by atoms with Crippen LogP contribution in [0.1, 0.15) is 86.3 Å². The van der Waals surface area contributed by atoms with Crippen LogP contribution in [0.3, 0.4) is 0 Å². The Bertz CT molecular complexity index is 1180. The number of nitrogens with one attached hydrogen (secondary N) is 1. The normalized spacial score (nSPS) is 25.0. The Balaban J connectivity index is 1.41. The van der Waals surface area contributed by atoms with Gasteiger partial charge in [0.1, 0.15) is 5.56 Å². The average Bonchev–Trinajstić information content (AvgIpc) is 2.85. The molecule has 0 heterocycles. The summed E-state index contributed by atoms with van der Waals surface area (Å²) in [6, 6.07) is 12.6. The summed E-state index contributed by atoms with van der Waals surface area (Å²) < 4.78 is 5.10. The second-order valence-corrected chi connectivity index (χ2v) is 11.2. The highest BCUT2D eigenvalue weighted by Crippen LogP contribution is 2.57. The molecular formula is C29H36N2O5. The molecule has 0 bridgehead atoms. The number of esters is 1. The van der Waals surface area contributed by atoms with Gasteiger partial charge in [-0.15, -0.1) is 0 Å². The van der Waals surface area contributed by atoms with Crippen LogP contribution in [-0.4, -0.2) is 30.0 Å². The molecule has 0 aromatic heterocycles. The molecule has 0 aliphatic heterocycles. The molecule has 1 fully saturated rings. The van der Waals surface area contributed by atoms with Gasteiger partial charge in [0.15, 0.2) is 6.61 Å². The van der Waals surface area contributed by atoms with Gasteiger partial charge in [0.25, 0.3) is 11.6 Å². The fraction of sp³-hybridized carbons (Fsp3) is 0.517. The Hall–Kier alpha value is -3.22. The zero-order valence-electron chi connectivity index (χ0n) is 21.6. The van der Waals surface area contributed by atoms with Crippen LogP contribution in [0.4, 0.5) is 5.69 Å². The van der Waals surface area contributed by atoms with Gasteiger partial charge >= 0.3 is 5.97 Å². The molecule has 192 valence electrons. The first-order chi connectivity index (χ1) is 17.0. The second-order valence-electron chi connectivity index (χ2n) is 11.2. The van der Waals surface area contributed by atoms with Gasteiger partial charge in [0.2, 0.25) is 0 Å². The van der Waals surface area contributed by atoms with Gasteiger partial charge in [-0.2, -0.15) is 0 Å². The zero-order chi connectivity index (χ0) is 26.1. The summed E-state index contributed by atoms with van der Waals surface area (Å²) in [5.41, 5.74) is 3.81. The number of fused-ring (bicyclic) bond motifs is 3. The lowest BCUT2D eigenvalue weighted by Crippen LogP contribution is -2.53. The number of nitro groups is 1. The highest BCUT2D eigenvalue weighted by Gasteiger charge is 2.51. The lowest BCUT2D eigenvalue weighted by atomic mass is 9.49. The molecule has 1 amide bonds. The van der Waals surface area contributed by atoms with Crippen molar-refractivity contribution in [2.45, 2.75) is 71.1 Å². The number of carbonyl (C=O) groups excluding carboxylic acids is 2. The van der Waals surface area contributed by atoms with Crippen molar-refractivity contribution in [1.82, 2.24) is 5.32 Å². The van der Waals surface area contributed by atoms with Crippen molar-refractivity contribution in [3.05, 3.63) is 74.8 Å². The van der Waals surface area contributed by atoms with E-state index in [2.05, 4.69) is 51.2 Å². The minimum Gasteiger partial charge on any atom is -0.452 e. The Kier molecular flexibility index (Phi) is 7.21. The topological polar surface area (TPSA) is 98.5 Å². The summed E-state index contributed by atoms with van der Waals surface area (Å²) in [5, 5.41) is 14.1. The molecular weight excluding hydrogens is 456 g/mol. The number of amides is 1. The molecule has 0 spiro atoms. The van der Waals surface area contributed by atoms with Gasteiger partial charge in [-0.3, -0.25) is 14.9 Å². The fourth-order valence-corrected chi connectivity index (χ4v) is 6.58. The number of nitro benzene ring substituents is 1. The van der Waals surface area contributed by atoms with Crippen molar-refractivity contribution in [3.63, 3.8) is 0 Å². The minimum absolute atomic E-state index is 0.0690. The van der Waals surface area contributed by atoms with E-state index in [1.165, 1.54) is 41.0 Å². The second kappa shape index (κ2) is 10.0. The molecule has 2 aliphatic carbocycles. The zero-order valence-corrected chi connectivity index (χ0v) is 21.6. The van der Waals surface area contributed by atoms with E-state index in [0.717, 1.165) is 32.1 Å². The van der Waals surface area contributed by atoms with E-state index in [4.69, 9.17) is 4.74 Å². The number of rotatable bonds is 7. The van der Waals surface area contributed by atoms with E-state index in [-0.39, 0.29) is 22.1 Å². The lowest BCUT2D eigenvalue weighted by molar-refractivity contribution is -0.385. The summed E-state index contributed by atoms with van der Waals surface area (Å²) in [6.07, 6.45) is 5.40. The number of hydrogen-bond donors (Lipinski definition) is 1. The van der Waals surface area contributed by atoms with E-state index in [9.17, 15) is 19.7 Å². The molecule has 36 heavy (non-hydrogen) atoms. The van der Waals surface area contributed by atoms with Gasteiger partial charge in [0.05, 0.1) is 4.92 Å². The third kappa shape index (κ3) is 4.88. The summed E-state index contributed by atoms with van der Waals surface area (Å²) >= 11 is 0. The maximum absolute atomic E-state index is 12.6. The van der Waals surface area contributed by atoms with Crippen molar-refractivity contribution in [3.8, 4) is 0 Å². The van der Waals surface area contributed by atoms with Gasteiger partial charge in [0, 0.05) is 12.6 Å². The van der Waals surface area contributed by atoms with E-state index in [1.807, 2.05) is 0 Å². The molecule has 1 saturated carbocycles. The third-order valence-electron chi connectivity index (χ3n) is 8.51. The predicted octanol–water partition coefficient (Wildman–Crippen LogP) is 5.70. The van der Waals surface area contributed by atoms with Gasteiger partial charge in [-0.25, -0.2) is 4.79 Å². The fourth-order valence-electron chi connectivity index (χ4n) is 6.58. The molecule has 2 aromatic carbocycles. The van der Waals surface area contributed by atoms with Crippen molar-refractivity contribution < 1.29 is 19.2 Å². The van der Waals surface area contributed by atoms with Crippen LogP contribution < -0.4 is 5.32 Å². The molecule has 0 radical (unpaired) electrons.